The number of halogens is 1. The highest BCUT2D eigenvalue weighted by atomic mass is 79.9. The van der Waals surface area contributed by atoms with Crippen LogP contribution in [0.5, 0.6) is 0 Å². The summed E-state index contributed by atoms with van der Waals surface area (Å²) in [5.41, 5.74) is 1.67. The molecule has 1 heterocycles. The fourth-order valence-corrected chi connectivity index (χ4v) is 6.53. The largest absolute Gasteiger partial charge is 0.465 e. The van der Waals surface area contributed by atoms with Crippen LogP contribution in [0.2, 0.25) is 0 Å². The third-order valence-electron chi connectivity index (χ3n) is 3.77. The van der Waals surface area contributed by atoms with Gasteiger partial charge in [-0.1, -0.05) is 24.3 Å². The molecule has 0 bridgehead atoms. The van der Waals surface area contributed by atoms with Gasteiger partial charge in [-0.25, -0.2) is 17.9 Å². The van der Waals surface area contributed by atoms with Crippen molar-refractivity contribution in [2.45, 2.75) is 22.8 Å². The van der Waals surface area contributed by atoms with Crippen LogP contribution in [0.3, 0.4) is 0 Å². The number of sulfonamides is 1. The van der Waals surface area contributed by atoms with Gasteiger partial charge in [0.25, 0.3) is 10.0 Å². The Hall–Kier alpha value is -1.26. The van der Waals surface area contributed by atoms with Gasteiger partial charge in [0.05, 0.1) is 19.3 Å². The third-order valence-corrected chi connectivity index (χ3v) is 8.01. The maximum atomic E-state index is 12.7. The van der Waals surface area contributed by atoms with Crippen molar-refractivity contribution in [2.75, 3.05) is 7.11 Å². The van der Waals surface area contributed by atoms with E-state index in [2.05, 4.69) is 25.4 Å². The number of rotatable bonds is 4. The molecule has 0 spiro atoms. The fraction of sp³-hybridized carbons (Fsp3) is 0.267. The number of carbonyl (C=O) groups is 1. The highest BCUT2D eigenvalue weighted by molar-refractivity contribution is 9.10. The first-order valence-corrected chi connectivity index (χ1v) is 10.1. The van der Waals surface area contributed by atoms with Crippen LogP contribution >= 0.6 is 27.3 Å². The normalized spacial score (nSPS) is 20.0. The number of ether oxygens (including phenoxy) is 1. The summed E-state index contributed by atoms with van der Waals surface area (Å²) >= 11 is 3.98. The average Bonchev–Trinajstić information content (AvgIpc) is 3.08. The van der Waals surface area contributed by atoms with E-state index in [0.29, 0.717) is 6.42 Å². The van der Waals surface area contributed by atoms with Gasteiger partial charge in [-0.05, 0) is 33.1 Å². The Morgan fingerprint density at radius 3 is 2.83 bits per heavy atom. The highest BCUT2D eigenvalue weighted by Crippen LogP contribution is 2.36. The second kappa shape index (κ2) is 6.57. The van der Waals surface area contributed by atoms with Gasteiger partial charge >= 0.3 is 5.97 Å². The summed E-state index contributed by atoms with van der Waals surface area (Å²) in [5, 5.41) is 10.2. The first-order valence-electron chi connectivity index (χ1n) is 6.99. The molecule has 0 amide bonds. The van der Waals surface area contributed by atoms with E-state index in [0.717, 1.165) is 22.5 Å². The number of carbonyl (C=O) groups excluding carboxylic acids is 1. The zero-order valence-corrected chi connectivity index (χ0v) is 15.7. The summed E-state index contributed by atoms with van der Waals surface area (Å²) in [6.45, 7) is 0. The van der Waals surface area contributed by atoms with Gasteiger partial charge < -0.3 is 9.84 Å². The average molecular weight is 432 g/mol. The molecule has 1 aliphatic rings. The zero-order chi connectivity index (χ0) is 17.5. The highest BCUT2D eigenvalue weighted by Gasteiger charge is 2.35. The molecule has 1 aromatic heterocycles. The number of methoxy groups -OCH3 is 1. The lowest BCUT2D eigenvalue weighted by molar-refractivity contribution is 0.0606. The smallest absolute Gasteiger partial charge is 0.348 e. The van der Waals surface area contributed by atoms with Gasteiger partial charge in [0.1, 0.15) is 9.09 Å². The summed E-state index contributed by atoms with van der Waals surface area (Å²) in [6, 6.07) is 7.99. The van der Waals surface area contributed by atoms with E-state index >= 15 is 0 Å². The van der Waals surface area contributed by atoms with Crippen LogP contribution in [-0.2, 0) is 21.2 Å². The van der Waals surface area contributed by atoms with Gasteiger partial charge in [0.15, 0.2) is 0 Å². The number of aliphatic hydroxyl groups excluding tert-OH is 1. The Labute approximate surface area is 151 Å². The second-order valence-electron chi connectivity index (χ2n) is 5.31. The van der Waals surface area contributed by atoms with E-state index in [-0.39, 0.29) is 13.6 Å². The van der Waals surface area contributed by atoms with Crippen molar-refractivity contribution in [2.24, 2.45) is 0 Å². The monoisotopic (exact) mass is 431 g/mol. The van der Waals surface area contributed by atoms with Crippen molar-refractivity contribution in [3.63, 3.8) is 0 Å². The fourth-order valence-electron chi connectivity index (χ4n) is 2.67. The summed E-state index contributed by atoms with van der Waals surface area (Å²) < 4.78 is 32.8. The van der Waals surface area contributed by atoms with Crippen LogP contribution in [0.4, 0.5) is 0 Å². The van der Waals surface area contributed by atoms with Crippen LogP contribution in [0.1, 0.15) is 26.8 Å². The minimum Gasteiger partial charge on any atom is -0.465 e. The number of thiophene rings is 1. The molecular formula is C15H14BrNO5S2. The number of esters is 1. The Morgan fingerprint density at radius 2 is 2.12 bits per heavy atom. The predicted molar refractivity (Wildman–Crippen MR) is 92.6 cm³/mol. The van der Waals surface area contributed by atoms with Gasteiger partial charge in [-0.15, -0.1) is 11.3 Å². The molecule has 0 saturated heterocycles. The first kappa shape index (κ1) is 17.6. The minimum absolute atomic E-state index is 0.0283. The van der Waals surface area contributed by atoms with Crippen LogP contribution in [0.25, 0.3) is 0 Å². The molecule has 24 heavy (non-hydrogen) atoms. The summed E-state index contributed by atoms with van der Waals surface area (Å²) in [5.74, 6) is -0.603. The Bertz CT molecular complexity index is 893. The summed E-state index contributed by atoms with van der Waals surface area (Å²) in [4.78, 5) is 11.8. The van der Waals surface area contributed by atoms with Crippen molar-refractivity contribution in [1.29, 1.82) is 0 Å². The van der Waals surface area contributed by atoms with E-state index in [1.165, 1.54) is 13.2 Å². The number of fused-ring (bicyclic) bond motifs is 1. The molecule has 6 nitrogen and oxygen atoms in total. The molecule has 0 radical (unpaired) electrons. The summed E-state index contributed by atoms with van der Waals surface area (Å²) in [7, 11) is -2.69. The molecule has 9 heteroatoms. The minimum atomic E-state index is -3.92. The Kier molecular flexibility index (Phi) is 4.80. The molecule has 128 valence electrons. The van der Waals surface area contributed by atoms with Gasteiger partial charge in [-0.3, -0.25) is 0 Å². The second-order valence-corrected chi connectivity index (χ2v) is 9.12. The number of hydrogen-bond acceptors (Lipinski definition) is 6. The van der Waals surface area contributed by atoms with Crippen LogP contribution in [0, 0.1) is 0 Å². The lowest BCUT2D eigenvalue weighted by atomic mass is 10.1. The number of hydrogen-bond donors (Lipinski definition) is 2. The topological polar surface area (TPSA) is 92.7 Å². The van der Waals surface area contributed by atoms with Crippen molar-refractivity contribution >= 4 is 43.3 Å². The quantitative estimate of drug-likeness (QED) is 0.723. The van der Waals surface area contributed by atoms with Crippen LogP contribution < -0.4 is 4.72 Å². The van der Waals surface area contributed by atoms with E-state index in [9.17, 15) is 18.3 Å². The Balaban J connectivity index is 1.93. The van der Waals surface area contributed by atoms with E-state index in [4.69, 9.17) is 0 Å². The van der Waals surface area contributed by atoms with Crippen molar-refractivity contribution in [1.82, 2.24) is 4.72 Å². The van der Waals surface area contributed by atoms with Crippen molar-refractivity contribution in [3.05, 3.63) is 50.8 Å². The molecule has 2 atom stereocenters. The Morgan fingerprint density at radius 1 is 1.42 bits per heavy atom. The SMILES string of the molecule is COC(=O)c1cc(Br)c(S(=O)(=O)N[C@@H]2c3ccccc3C[C@@H]2O)s1. The molecule has 3 rings (SSSR count). The standard InChI is InChI=1S/C15H14BrNO5S2/c1-22-14(19)12-7-10(16)15(23-12)24(20,21)17-13-9-5-3-2-4-8(9)6-11(13)18/h2-5,7,11,13,17-18H,6H2,1H3/t11-,13+/m0/s1. The number of benzene rings is 1. The molecule has 2 aromatic rings. The number of nitrogens with one attached hydrogen (secondary N) is 1. The predicted octanol–water partition coefficient (Wildman–Crippen LogP) is 2.23. The zero-order valence-electron chi connectivity index (χ0n) is 12.5. The molecule has 0 saturated carbocycles. The van der Waals surface area contributed by atoms with Crippen molar-refractivity contribution in [3.8, 4) is 0 Å². The molecule has 1 aliphatic carbocycles. The molecule has 2 N–H and O–H groups in total. The maximum absolute atomic E-state index is 12.7. The van der Waals surface area contributed by atoms with Crippen LogP contribution in [0.15, 0.2) is 39.0 Å². The number of aliphatic hydroxyl groups is 1. The first-order chi connectivity index (χ1) is 11.3. The lowest BCUT2D eigenvalue weighted by Crippen LogP contribution is -2.33. The summed E-state index contributed by atoms with van der Waals surface area (Å²) in [6.07, 6.45) is -0.446. The molecule has 1 aromatic carbocycles. The molecule has 0 aliphatic heterocycles. The van der Waals surface area contributed by atoms with Crippen molar-refractivity contribution < 1.29 is 23.1 Å². The van der Waals surface area contributed by atoms with E-state index in [1.54, 1.807) is 12.1 Å². The molecular weight excluding hydrogens is 418 g/mol. The van der Waals surface area contributed by atoms with E-state index in [1.807, 2.05) is 12.1 Å². The lowest BCUT2D eigenvalue weighted by Gasteiger charge is -2.17. The molecule has 0 unspecified atom stereocenters. The van der Waals surface area contributed by atoms with Gasteiger partial charge in [0.2, 0.25) is 0 Å². The third kappa shape index (κ3) is 3.14. The molecule has 0 fully saturated rings. The van der Waals surface area contributed by atoms with E-state index < -0.39 is 28.1 Å². The maximum Gasteiger partial charge on any atom is 0.348 e. The van der Waals surface area contributed by atoms with Gasteiger partial charge in [0, 0.05) is 10.9 Å². The van der Waals surface area contributed by atoms with Crippen LogP contribution in [-0.4, -0.2) is 32.7 Å². The van der Waals surface area contributed by atoms with Gasteiger partial charge in [-0.2, -0.15) is 0 Å².